The minimum Gasteiger partial charge on any atom is -0.366 e. The van der Waals surface area contributed by atoms with E-state index in [1.807, 2.05) is 6.07 Å². The van der Waals surface area contributed by atoms with Gasteiger partial charge in [0.05, 0.1) is 0 Å². The lowest BCUT2D eigenvalue weighted by Gasteiger charge is -2.31. The minimum atomic E-state index is 0.364. The molecule has 1 aliphatic rings. The summed E-state index contributed by atoms with van der Waals surface area (Å²) in [4.78, 5) is 10.5. The number of nitriles is 1. The zero-order valence-corrected chi connectivity index (χ0v) is 11.5. The number of aromatic nitrogens is 2. The minimum absolute atomic E-state index is 0.364. The Morgan fingerprint density at radius 3 is 2.79 bits per heavy atom. The van der Waals surface area contributed by atoms with Crippen LogP contribution in [0.3, 0.4) is 0 Å². The molecule has 1 aliphatic carbocycles. The van der Waals surface area contributed by atoms with E-state index >= 15 is 0 Å². The molecule has 1 aromatic rings. The lowest BCUT2D eigenvalue weighted by atomic mass is 9.94. The van der Waals surface area contributed by atoms with Crippen molar-refractivity contribution in [3.05, 3.63) is 18.1 Å². The average molecular weight is 259 g/mol. The van der Waals surface area contributed by atoms with Crippen molar-refractivity contribution in [2.24, 2.45) is 0 Å². The van der Waals surface area contributed by atoms with Crippen LogP contribution in [0.15, 0.2) is 12.4 Å². The van der Waals surface area contributed by atoms with Gasteiger partial charge in [0.25, 0.3) is 0 Å². The monoisotopic (exact) mass is 259 g/mol. The van der Waals surface area contributed by atoms with Gasteiger partial charge in [0.1, 0.15) is 6.07 Å². The van der Waals surface area contributed by atoms with Crippen molar-refractivity contribution >= 4 is 5.82 Å². The Balaban J connectivity index is 1.78. The van der Waals surface area contributed by atoms with Crippen LogP contribution in [-0.2, 0) is 0 Å². The molecule has 1 aromatic heterocycles. The van der Waals surface area contributed by atoms with Crippen LogP contribution >= 0.6 is 0 Å². The zero-order chi connectivity index (χ0) is 13.5. The second-order valence-electron chi connectivity index (χ2n) is 5.06. The number of nitrogens with zero attached hydrogens (tertiary/aromatic N) is 4. The number of nitrogens with one attached hydrogen (secondary N) is 1. The summed E-state index contributed by atoms with van der Waals surface area (Å²) in [7, 11) is 2.18. The summed E-state index contributed by atoms with van der Waals surface area (Å²) in [5, 5.41) is 12.1. The Morgan fingerprint density at radius 1 is 1.32 bits per heavy atom. The van der Waals surface area contributed by atoms with Gasteiger partial charge in [0.15, 0.2) is 11.5 Å². The van der Waals surface area contributed by atoms with E-state index in [2.05, 4.69) is 27.2 Å². The highest BCUT2D eigenvalue weighted by atomic mass is 15.1. The van der Waals surface area contributed by atoms with Crippen LogP contribution in [0.1, 0.15) is 37.8 Å². The van der Waals surface area contributed by atoms with E-state index in [0.29, 0.717) is 17.6 Å². The second kappa shape index (κ2) is 7.05. The zero-order valence-electron chi connectivity index (χ0n) is 11.5. The molecule has 1 fully saturated rings. The summed E-state index contributed by atoms with van der Waals surface area (Å²) in [5.41, 5.74) is 0.364. The highest BCUT2D eigenvalue weighted by Crippen LogP contribution is 2.21. The lowest BCUT2D eigenvalue weighted by molar-refractivity contribution is 0.198. The second-order valence-corrected chi connectivity index (χ2v) is 5.06. The lowest BCUT2D eigenvalue weighted by Crippen LogP contribution is -2.36. The van der Waals surface area contributed by atoms with E-state index in [9.17, 15) is 0 Å². The Morgan fingerprint density at radius 2 is 2.05 bits per heavy atom. The molecule has 102 valence electrons. The van der Waals surface area contributed by atoms with E-state index in [-0.39, 0.29) is 0 Å². The smallest absolute Gasteiger partial charge is 0.182 e. The van der Waals surface area contributed by atoms with Gasteiger partial charge in [-0.25, -0.2) is 9.97 Å². The van der Waals surface area contributed by atoms with Gasteiger partial charge in [-0.05, 0) is 19.9 Å². The fourth-order valence-corrected chi connectivity index (χ4v) is 2.60. The predicted octanol–water partition coefficient (Wildman–Crippen LogP) is 2.02. The molecule has 0 radical (unpaired) electrons. The quantitative estimate of drug-likeness (QED) is 0.876. The Hall–Kier alpha value is -1.67. The third-order valence-corrected chi connectivity index (χ3v) is 3.76. The van der Waals surface area contributed by atoms with E-state index < -0.39 is 0 Å². The molecule has 0 spiro atoms. The standard InChI is InChI=1S/C14H21N5/c1-19(12-5-3-2-4-6-12)10-9-18-14-13(11-15)16-7-8-17-14/h7-8,12H,2-6,9-10H2,1H3,(H,17,18). The van der Waals surface area contributed by atoms with Crippen LogP contribution < -0.4 is 5.32 Å². The molecule has 0 aromatic carbocycles. The molecule has 0 saturated heterocycles. The Labute approximate surface area is 114 Å². The van der Waals surface area contributed by atoms with Crippen molar-refractivity contribution in [3.63, 3.8) is 0 Å². The SMILES string of the molecule is CN(CCNc1nccnc1C#N)C1CCCCC1. The summed E-state index contributed by atoms with van der Waals surface area (Å²) in [6, 6.07) is 2.76. The van der Waals surface area contributed by atoms with Gasteiger partial charge < -0.3 is 10.2 Å². The van der Waals surface area contributed by atoms with Crippen LogP contribution in [0, 0.1) is 11.3 Å². The van der Waals surface area contributed by atoms with Gasteiger partial charge in [0.2, 0.25) is 0 Å². The fourth-order valence-electron chi connectivity index (χ4n) is 2.60. The Bertz CT molecular complexity index is 434. The van der Waals surface area contributed by atoms with Crippen LogP contribution in [0.5, 0.6) is 0 Å². The normalized spacial score (nSPS) is 16.3. The highest BCUT2D eigenvalue weighted by molar-refractivity contribution is 5.46. The molecule has 19 heavy (non-hydrogen) atoms. The maximum Gasteiger partial charge on any atom is 0.182 e. The van der Waals surface area contributed by atoms with Crippen LogP contribution in [0.4, 0.5) is 5.82 Å². The first-order valence-electron chi connectivity index (χ1n) is 6.96. The molecule has 5 heteroatoms. The third kappa shape index (κ3) is 3.90. The average Bonchev–Trinajstić information content (AvgIpc) is 2.48. The van der Waals surface area contributed by atoms with Crippen molar-refractivity contribution < 1.29 is 0 Å². The summed E-state index contributed by atoms with van der Waals surface area (Å²) >= 11 is 0. The van der Waals surface area contributed by atoms with E-state index in [1.165, 1.54) is 38.3 Å². The van der Waals surface area contributed by atoms with Gasteiger partial charge in [-0.15, -0.1) is 0 Å². The molecule has 1 heterocycles. The topological polar surface area (TPSA) is 64.8 Å². The van der Waals surface area contributed by atoms with Crippen LogP contribution in [0.25, 0.3) is 0 Å². The summed E-state index contributed by atoms with van der Waals surface area (Å²) in [5.74, 6) is 0.585. The molecule has 1 saturated carbocycles. The van der Waals surface area contributed by atoms with Crippen molar-refractivity contribution in [2.75, 3.05) is 25.5 Å². The van der Waals surface area contributed by atoms with Gasteiger partial charge in [-0.2, -0.15) is 5.26 Å². The molecule has 1 N–H and O–H groups in total. The summed E-state index contributed by atoms with van der Waals surface area (Å²) in [6.07, 6.45) is 9.85. The number of rotatable bonds is 5. The first-order chi connectivity index (χ1) is 9.31. The van der Waals surface area contributed by atoms with Gasteiger partial charge in [-0.1, -0.05) is 19.3 Å². The predicted molar refractivity (Wildman–Crippen MR) is 74.7 cm³/mol. The first-order valence-corrected chi connectivity index (χ1v) is 6.96. The molecule has 5 nitrogen and oxygen atoms in total. The van der Waals surface area contributed by atoms with Gasteiger partial charge in [-0.3, -0.25) is 0 Å². The molecule has 0 unspecified atom stereocenters. The molecule has 0 atom stereocenters. The maximum absolute atomic E-state index is 8.93. The number of anilines is 1. The van der Waals surface area contributed by atoms with E-state index in [4.69, 9.17) is 5.26 Å². The molecular weight excluding hydrogens is 238 g/mol. The molecule has 0 amide bonds. The molecule has 0 bridgehead atoms. The van der Waals surface area contributed by atoms with Crippen molar-refractivity contribution in [1.82, 2.24) is 14.9 Å². The molecule has 0 aliphatic heterocycles. The first kappa shape index (κ1) is 13.8. The van der Waals surface area contributed by atoms with E-state index in [1.54, 1.807) is 6.20 Å². The van der Waals surface area contributed by atoms with Gasteiger partial charge >= 0.3 is 0 Å². The summed E-state index contributed by atoms with van der Waals surface area (Å²) in [6.45, 7) is 1.76. The number of hydrogen-bond donors (Lipinski definition) is 1. The number of hydrogen-bond acceptors (Lipinski definition) is 5. The highest BCUT2D eigenvalue weighted by Gasteiger charge is 2.17. The van der Waals surface area contributed by atoms with Crippen LogP contribution in [-0.4, -0.2) is 41.0 Å². The summed E-state index contributed by atoms with van der Waals surface area (Å²) < 4.78 is 0. The van der Waals surface area contributed by atoms with Crippen molar-refractivity contribution in [1.29, 1.82) is 5.26 Å². The van der Waals surface area contributed by atoms with Gasteiger partial charge in [0, 0.05) is 31.5 Å². The fraction of sp³-hybridized carbons (Fsp3) is 0.643. The third-order valence-electron chi connectivity index (χ3n) is 3.76. The Kier molecular flexibility index (Phi) is 5.10. The van der Waals surface area contributed by atoms with Crippen molar-refractivity contribution in [3.8, 4) is 6.07 Å². The molecule has 2 rings (SSSR count). The number of likely N-dealkylation sites (N-methyl/N-ethyl adjacent to an activating group) is 1. The molecular formula is C14H21N5. The van der Waals surface area contributed by atoms with Crippen LogP contribution in [0.2, 0.25) is 0 Å². The van der Waals surface area contributed by atoms with Crippen molar-refractivity contribution in [2.45, 2.75) is 38.1 Å². The largest absolute Gasteiger partial charge is 0.366 e. The van der Waals surface area contributed by atoms with E-state index in [0.717, 1.165) is 13.1 Å². The maximum atomic E-state index is 8.93.